The molecule has 0 radical (unpaired) electrons. The van der Waals surface area contributed by atoms with Crippen molar-refractivity contribution in [1.29, 1.82) is 0 Å². The van der Waals surface area contributed by atoms with Gasteiger partial charge in [0, 0.05) is 7.05 Å². The van der Waals surface area contributed by atoms with Gasteiger partial charge in [0.15, 0.2) is 11.2 Å². The molecule has 3 N–H and O–H groups in total. The van der Waals surface area contributed by atoms with Crippen LogP contribution in [0.25, 0.3) is 11.2 Å². The Kier molecular flexibility index (Phi) is 3.93. The third-order valence-electron chi connectivity index (χ3n) is 2.81. The van der Waals surface area contributed by atoms with E-state index < -0.39 is 24.4 Å². The number of hydrogen-bond acceptors (Lipinski definition) is 8. The van der Waals surface area contributed by atoms with Crippen molar-refractivity contribution >= 4 is 11.2 Å². The predicted molar refractivity (Wildman–Crippen MR) is 67.2 cm³/mol. The number of ether oxygens (including phenoxy) is 1. The van der Waals surface area contributed by atoms with Crippen LogP contribution >= 0.6 is 0 Å². The second-order valence-electron chi connectivity index (χ2n) is 4.12. The SMILES string of the molecule is COc1nc2nc([C@@H](O)[C@H](O)CO)cnc2c(=O)n1C. The van der Waals surface area contributed by atoms with Crippen LogP contribution in [-0.4, -0.2) is 54.7 Å². The van der Waals surface area contributed by atoms with E-state index in [9.17, 15) is 15.0 Å². The van der Waals surface area contributed by atoms with Gasteiger partial charge in [0.2, 0.25) is 0 Å². The maximum absolute atomic E-state index is 12.0. The van der Waals surface area contributed by atoms with Crippen molar-refractivity contribution in [2.45, 2.75) is 12.2 Å². The number of hydrogen-bond donors (Lipinski definition) is 3. The highest BCUT2D eigenvalue weighted by Crippen LogP contribution is 2.16. The maximum atomic E-state index is 12.0. The monoisotopic (exact) mass is 282 g/mol. The maximum Gasteiger partial charge on any atom is 0.300 e. The summed E-state index contributed by atoms with van der Waals surface area (Å²) < 4.78 is 6.11. The number of aliphatic hydroxyl groups is 3. The fourth-order valence-electron chi connectivity index (χ4n) is 1.65. The van der Waals surface area contributed by atoms with Gasteiger partial charge in [-0.05, 0) is 0 Å². The second-order valence-corrected chi connectivity index (χ2v) is 4.12. The molecule has 0 aliphatic carbocycles. The summed E-state index contributed by atoms with van der Waals surface area (Å²) >= 11 is 0. The number of aliphatic hydroxyl groups excluding tert-OH is 3. The van der Waals surface area contributed by atoms with E-state index in [-0.39, 0.29) is 22.9 Å². The van der Waals surface area contributed by atoms with Crippen LogP contribution in [0.3, 0.4) is 0 Å². The number of methoxy groups -OCH3 is 1. The minimum Gasteiger partial charge on any atom is -0.468 e. The van der Waals surface area contributed by atoms with Crippen molar-refractivity contribution in [3.8, 4) is 6.01 Å². The smallest absolute Gasteiger partial charge is 0.300 e. The van der Waals surface area contributed by atoms with Crippen molar-refractivity contribution in [2.75, 3.05) is 13.7 Å². The summed E-state index contributed by atoms with van der Waals surface area (Å²) in [6.07, 6.45) is -1.66. The van der Waals surface area contributed by atoms with Crippen LogP contribution in [0.4, 0.5) is 0 Å². The summed E-state index contributed by atoms with van der Waals surface area (Å²) in [6, 6.07) is 0.0474. The molecule has 0 fully saturated rings. The predicted octanol–water partition coefficient (Wildman–Crippen LogP) is -1.88. The van der Waals surface area contributed by atoms with Crippen LogP contribution in [0.15, 0.2) is 11.0 Å². The fourth-order valence-corrected chi connectivity index (χ4v) is 1.65. The first-order valence-electron chi connectivity index (χ1n) is 5.74. The van der Waals surface area contributed by atoms with E-state index in [1.807, 2.05) is 0 Å². The van der Waals surface area contributed by atoms with Gasteiger partial charge in [0.05, 0.1) is 25.6 Å². The molecule has 0 aromatic carbocycles. The van der Waals surface area contributed by atoms with Crippen LogP contribution in [0, 0.1) is 0 Å². The van der Waals surface area contributed by atoms with Gasteiger partial charge in [-0.1, -0.05) is 0 Å². The van der Waals surface area contributed by atoms with Gasteiger partial charge in [-0.2, -0.15) is 4.98 Å². The van der Waals surface area contributed by atoms with Gasteiger partial charge < -0.3 is 20.1 Å². The van der Waals surface area contributed by atoms with E-state index >= 15 is 0 Å². The topological polar surface area (TPSA) is 131 Å². The number of aromatic nitrogens is 4. The van der Waals surface area contributed by atoms with Crippen molar-refractivity contribution in [2.24, 2.45) is 7.05 Å². The van der Waals surface area contributed by atoms with Gasteiger partial charge in [-0.15, -0.1) is 0 Å². The number of nitrogens with zero attached hydrogens (tertiary/aromatic N) is 4. The zero-order valence-corrected chi connectivity index (χ0v) is 10.9. The molecule has 2 rings (SSSR count). The molecule has 0 unspecified atom stereocenters. The molecule has 0 aliphatic rings. The molecule has 2 heterocycles. The van der Waals surface area contributed by atoms with Gasteiger partial charge in [0.25, 0.3) is 5.56 Å². The van der Waals surface area contributed by atoms with Crippen molar-refractivity contribution in [3.63, 3.8) is 0 Å². The average molecular weight is 282 g/mol. The standard InChI is InChI=1S/C11H14N4O5/c1-15-10(19)7-9(14-11(15)20-2)13-5(3-12-7)8(18)6(17)4-16/h3,6,8,16-18H,4H2,1-2H3/t6-,8-/m1/s1. The molecule has 0 saturated heterocycles. The highest BCUT2D eigenvalue weighted by Gasteiger charge is 2.21. The van der Waals surface area contributed by atoms with E-state index in [1.54, 1.807) is 0 Å². The Balaban J connectivity index is 2.60. The molecule has 0 bridgehead atoms. The highest BCUT2D eigenvalue weighted by atomic mass is 16.5. The van der Waals surface area contributed by atoms with Gasteiger partial charge in [0.1, 0.15) is 12.2 Å². The summed E-state index contributed by atoms with van der Waals surface area (Å²) in [7, 11) is 2.84. The first-order valence-corrected chi connectivity index (χ1v) is 5.74. The third kappa shape index (κ3) is 2.33. The zero-order chi connectivity index (χ0) is 14.9. The summed E-state index contributed by atoms with van der Waals surface area (Å²) in [6.45, 7) is -0.631. The molecular formula is C11H14N4O5. The van der Waals surface area contributed by atoms with Crippen LogP contribution in [0.1, 0.15) is 11.8 Å². The first-order chi connectivity index (χ1) is 9.49. The quantitative estimate of drug-likeness (QED) is 0.594. The lowest BCUT2D eigenvalue weighted by molar-refractivity contribution is -0.0173. The molecule has 0 aliphatic heterocycles. The van der Waals surface area contributed by atoms with E-state index in [4.69, 9.17) is 9.84 Å². The molecule has 9 nitrogen and oxygen atoms in total. The second kappa shape index (κ2) is 5.49. The lowest BCUT2D eigenvalue weighted by atomic mass is 10.1. The average Bonchev–Trinajstić information content (AvgIpc) is 2.48. The summed E-state index contributed by atoms with van der Waals surface area (Å²) in [4.78, 5) is 23.8. The molecule has 2 aromatic heterocycles. The normalized spacial score (nSPS) is 14.2. The Labute approximate surface area is 113 Å². The molecular weight excluding hydrogens is 268 g/mol. The van der Waals surface area contributed by atoms with Crippen LogP contribution in [0.5, 0.6) is 6.01 Å². The van der Waals surface area contributed by atoms with E-state index in [1.165, 1.54) is 18.7 Å². The molecule has 2 atom stereocenters. The van der Waals surface area contributed by atoms with E-state index in [0.29, 0.717) is 0 Å². The summed E-state index contributed by atoms with van der Waals surface area (Å²) in [5.74, 6) is 0. The van der Waals surface area contributed by atoms with Gasteiger partial charge >= 0.3 is 6.01 Å². The Morgan fingerprint density at radius 2 is 2.10 bits per heavy atom. The van der Waals surface area contributed by atoms with Gasteiger partial charge in [-0.3, -0.25) is 9.36 Å². The Morgan fingerprint density at radius 3 is 2.70 bits per heavy atom. The number of fused-ring (bicyclic) bond motifs is 1. The molecule has 2 aromatic rings. The van der Waals surface area contributed by atoms with Crippen molar-refractivity contribution < 1.29 is 20.1 Å². The third-order valence-corrected chi connectivity index (χ3v) is 2.81. The Morgan fingerprint density at radius 1 is 1.40 bits per heavy atom. The minimum atomic E-state index is -1.42. The summed E-state index contributed by atoms with van der Waals surface area (Å²) in [5.41, 5.74) is -0.431. The minimum absolute atomic E-state index is 0.00172. The highest BCUT2D eigenvalue weighted by molar-refractivity contribution is 5.68. The first kappa shape index (κ1) is 14.3. The lowest BCUT2D eigenvalue weighted by Crippen LogP contribution is -2.25. The molecule has 0 saturated carbocycles. The molecule has 20 heavy (non-hydrogen) atoms. The molecule has 0 spiro atoms. The lowest BCUT2D eigenvalue weighted by Gasteiger charge is -2.14. The van der Waals surface area contributed by atoms with Crippen LogP contribution in [-0.2, 0) is 7.05 Å². The van der Waals surface area contributed by atoms with Crippen LogP contribution < -0.4 is 10.3 Å². The van der Waals surface area contributed by atoms with Crippen LogP contribution in [0.2, 0.25) is 0 Å². The fraction of sp³-hybridized carbons (Fsp3) is 0.455. The Bertz CT molecular complexity index is 686. The zero-order valence-electron chi connectivity index (χ0n) is 10.9. The van der Waals surface area contributed by atoms with E-state index in [0.717, 1.165) is 6.20 Å². The molecule has 0 amide bonds. The van der Waals surface area contributed by atoms with Crippen molar-refractivity contribution in [3.05, 3.63) is 22.2 Å². The molecule has 108 valence electrons. The van der Waals surface area contributed by atoms with E-state index in [2.05, 4.69) is 15.0 Å². The molecule has 9 heteroatoms. The summed E-state index contributed by atoms with van der Waals surface area (Å²) in [5, 5.41) is 27.9. The van der Waals surface area contributed by atoms with Crippen molar-refractivity contribution in [1.82, 2.24) is 19.5 Å². The Hall–Kier alpha value is -2.10. The van der Waals surface area contributed by atoms with Gasteiger partial charge in [-0.25, -0.2) is 9.97 Å². The largest absolute Gasteiger partial charge is 0.468 e. The number of rotatable bonds is 4.